The minimum Gasteiger partial charge on any atom is -0.316 e. The molecule has 1 aliphatic rings. The summed E-state index contributed by atoms with van der Waals surface area (Å²) < 4.78 is 0. The van der Waals surface area contributed by atoms with Crippen LogP contribution in [-0.2, 0) is 0 Å². The van der Waals surface area contributed by atoms with Gasteiger partial charge in [-0.05, 0) is 18.8 Å². The molecule has 4 N–H and O–H groups in total. The van der Waals surface area contributed by atoms with Crippen molar-refractivity contribution in [3.63, 3.8) is 0 Å². The highest BCUT2D eigenvalue weighted by molar-refractivity contribution is 4.67. The van der Waals surface area contributed by atoms with E-state index in [0.29, 0.717) is 0 Å². The van der Waals surface area contributed by atoms with Crippen LogP contribution in [0.4, 0.5) is 0 Å². The first kappa shape index (κ1) is 9.01. The largest absolute Gasteiger partial charge is 0.316 e. The van der Waals surface area contributed by atoms with Gasteiger partial charge in [-0.15, -0.1) is 0 Å². The fraction of sp³-hybridized carbons (Fsp3) is 1.00. The molecule has 0 bridgehead atoms. The van der Waals surface area contributed by atoms with Crippen LogP contribution in [0.5, 0.6) is 0 Å². The van der Waals surface area contributed by atoms with Crippen LogP contribution in [0.25, 0.3) is 0 Å². The van der Waals surface area contributed by atoms with E-state index in [-0.39, 0.29) is 6.17 Å². The Morgan fingerprint density at radius 1 is 1.09 bits per heavy atom. The predicted molar refractivity (Wildman–Crippen MR) is 48.0 cm³/mol. The summed E-state index contributed by atoms with van der Waals surface area (Å²) in [5, 5.41) is 0. The second kappa shape index (κ2) is 4.73. The van der Waals surface area contributed by atoms with E-state index in [2.05, 4.69) is 0 Å². The monoisotopic (exact) mass is 156 g/mol. The molecule has 0 aromatic heterocycles. The summed E-state index contributed by atoms with van der Waals surface area (Å²) in [4.78, 5) is 0. The molecule has 2 nitrogen and oxygen atoms in total. The van der Waals surface area contributed by atoms with Crippen molar-refractivity contribution in [1.29, 1.82) is 0 Å². The maximum absolute atomic E-state index is 5.49. The molecule has 1 saturated carbocycles. The van der Waals surface area contributed by atoms with Gasteiger partial charge in [-0.3, -0.25) is 0 Å². The SMILES string of the molecule is NC(N)CCC1CCCCC1. The molecule has 0 spiro atoms. The topological polar surface area (TPSA) is 52.0 Å². The predicted octanol–water partition coefficient (Wildman–Crippen LogP) is 1.59. The van der Waals surface area contributed by atoms with Crippen molar-refractivity contribution in [2.45, 2.75) is 51.1 Å². The van der Waals surface area contributed by atoms with Gasteiger partial charge in [-0.1, -0.05) is 32.1 Å². The normalized spacial score (nSPS) is 21.0. The van der Waals surface area contributed by atoms with Gasteiger partial charge in [-0.25, -0.2) is 0 Å². The Kier molecular flexibility index (Phi) is 3.87. The molecule has 66 valence electrons. The maximum atomic E-state index is 5.49. The molecule has 2 heteroatoms. The van der Waals surface area contributed by atoms with Crippen molar-refractivity contribution in [3.8, 4) is 0 Å². The lowest BCUT2D eigenvalue weighted by Gasteiger charge is -2.21. The molecule has 1 rings (SSSR count). The minimum atomic E-state index is -0.0862. The van der Waals surface area contributed by atoms with Crippen LogP contribution in [0.15, 0.2) is 0 Å². The zero-order chi connectivity index (χ0) is 8.10. The second-order valence-corrected chi connectivity index (χ2v) is 3.75. The smallest absolute Gasteiger partial charge is 0.0520 e. The minimum absolute atomic E-state index is 0.0862. The van der Waals surface area contributed by atoms with E-state index in [0.717, 1.165) is 12.3 Å². The third kappa shape index (κ3) is 3.73. The molecular weight excluding hydrogens is 136 g/mol. The lowest BCUT2D eigenvalue weighted by atomic mass is 9.86. The van der Waals surface area contributed by atoms with Gasteiger partial charge < -0.3 is 11.5 Å². The third-order valence-electron chi connectivity index (χ3n) is 2.63. The number of hydrogen-bond acceptors (Lipinski definition) is 2. The van der Waals surface area contributed by atoms with E-state index in [4.69, 9.17) is 11.5 Å². The Bertz CT molecular complexity index is 95.7. The van der Waals surface area contributed by atoms with Gasteiger partial charge in [0.2, 0.25) is 0 Å². The van der Waals surface area contributed by atoms with E-state index < -0.39 is 0 Å². The molecular formula is C9H20N2. The molecule has 0 unspecified atom stereocenters. The van der Waals surface area contributed by atoms with E-state index >= 15 is 0 Å². The van der Waals surface area contributed by atoms with Crippen molar-refractivity contribution >= 4 is 0 Å². The van der Waals surface area contributed by atoms with Crippen LogP contribution in [0.3, 0.4) is 0 Å². The fourth-order valence-electron chi connectivity index (χ4n) is 1.90. The molecule has 0 saturated heterocycles. The summed E-state index contributed by atoms with van der Waals surface area (Å²) in [7, 11) is 0. The fourth-order valence-corrected chi connectivity index (χ4v) is 1.90. The highest BCUT2D eigenvalue weighted by atomic mass is 14.8. The van der Waals surface area contributed by atoms with Crippen LogP contribution in [0, 0.1) is 5.92 Å². The van der Waals surface area contributed by atoms with Crippen LogP contribution in [0.1, 0.15) is 44.9 Å². The zero-order valence-electron chi connectivity index (χ0n) is 7.26. The highest BCUT2D eigenvalue weighted by Gasteiger charge is 2.13. The van der Waals surface area contributed by atoms with Crippen molar-refractivity contribution < 1.29 is 0 Å². The Morgan fingerprint density at radius 2 is 1.73 bits per heavy atom. The molecule has 0 aromatic rings. The third-order valence-corrected chi connectivity index (χ3v) is 2.63. The maximum Gasteiger partial charge on any atom is 0.0520 e. The van der Waals surface area contributed by atoms with Gasteiger partial charge >= 0.3 is 0 Å². The molecule has 0 amide bonds. The standard InChI is InChI=1S/C9H20N2/c10-9(11)7-6-8-4-2-1-3-5-8/h8-9H,1-7,10-11H2. The Hall–Kier alpha value is -0.0800. The molecule has 0 heterocycles. The summed E-state index contributed by atoms with van der Waals surface area (Å²) in [5.41, 5.74) is 11.0. The number of hydrogen-bond donors (Lipinski definition) is 2. The first-order valence-corrected chi connectivity index (χ1v) is 4.80. The highest BCUT2D eigenvalue weighted by Crippen LogP contribution is 2.27. The van der Waals surface area contributed by atoms with Crippen LogP contribution in [-0.4, -0.2) is 6.17 Å². The van der Waals surface area contributed by atoms with Gasteiger partial charge in [0.1, 0.15) is 0 Å². The first-order chi connectivity index (χ1) is 5.29. The second-order valence-electron chi connectivity index (χ2n) is 3.75. The molecule has 0 aliphatic heterocycles. The molecule has 11 heavy (non-hydrogen) atoms. The zero-order valence-corrected chi connectivity index (χ0v) is 7.26. The van der Waals surface area contributed by atoms with Crippen LogP contribution in [0.2, 0.25) is 0 Å². The first-order valence-electron chi connectivity index (χ1n) is 4.80. The van der Waals surface area contributed by atoms with Crippen LogP contribution < -0.4 is 11.5 Å². The van der Waals surface area contributed by atoms with E-state index in [1.165, 1.54) is 38.5 Å². The van der Waals surface area contributed by atoms with Gasteiger partial charge in [0.05, 0.1) is 6.17 Å². The average molecular weight is 156 g/mol. The Balaban J connectivity index is 2.05. The van der Waals surface area contributed by atoms with E-state index in [1.54, 1.807) is 0 Å². The average Bonchev–Trinajstić information content (AvgIpc) is 2.03. The van der Waals surface area contributed by atoms with Gasteiger partial charge in [-0.2, -0.15) is 0 Å². The van der Waals surface area contributed by atoms with Gasteiger partial charge in [0.25, 0.3) is 0 Å². The van der Waals surface area contributed by atoms with Gasteiger partial charge in [0, 0.05) is 0 Å². The molecule has 1 fully saturated rings. The lowest BCUT2D eigenvalue weighted by Crippen LogP contribution is -2.30. The van der Waals surface area contributed by atoms with Crippen molar-refractivity contribution in [2.24, 2.45) is 17.4 Å². The van der Waals surface area contributed by atoms with E-state index in [9.17, 15) is 0 Å². The summed E-state index contributed by atoms with van der Waals surface area (Å²) in [6, 6.07) is 0. The van der Waals surface area contributed by atoms with Crippen molar-refractivity contribution in [1.82, 2.24) is 0 Å². The summed E-state index contributed by atoms with van der Waals surface area (Å²) in [6.07, 6.45) is 9.26. The summed E-state index contributed by atoms with van der Waals surface area (Å²) in [5.74, 6) is 0.929. The Labute approximate surface area is 69.3 Å². The quantitative estimate of drug-likeness (QED) is 0.610. The summed E-state index contributed by atoms with van der Waals surface area (Å²) >= 11 is 0. The van der Waals surface area contributed by atoms with Crippen LogP contribution >= 0.6 is 0 Å². The van der Waals surface area contributed by atoms with E-state index in [1.807, 2.05) is 0 Å². The number of rotatable bonds is 3. The van der Waals surface area contributed by atoms with Crippen molar-refractivity contribution in [2.75, 3.05) is 0 Å². The molecule has 0 radical (unpaired) electrons. The Morgan fingerprint density at radius 3 is 2.27 bits per heavy atom. The number of nitrogens with two attached hydrogens (primary N) is 2. The lowest BCUT2D eigenvalue weighted by molar-refractivity contribution is 0.324. The molecule has 0 atom stereocenters. The summed E-state index contributed by atoms with van der Waals surface area (Å²) in [6.45, 7) is 0. The molecule has 1 aliphatic carbocycles. The van der Waals surface area contributed by atoms with Crippen molar-refractivity contribution in [3.05, 3.63) is 0 Å². The molecule has 0 aromatic carbocycles. The van der Waals surface area contributed by atoms with Gasteiger partial charge in [0.15, 0.2) is 0 Å².